The lowest BCUT2D eigenvalue weighted by Crippen LogP contribution is -2.56. The number of hydrogen-bond acceptors (Lipinski definition) is 6. The lowest BCUT2D eigenvalue weighted by atomic mass is 9.96. The number of hydroxylamine groups is 2. The van der Waals surface area contributed by atoms with Gasteiger partial charge >= 0.3 is 12.2 Å². The van der Waals surface area contributed by atoms with E-state index in [1.165, 1.54) is 5.06 Å². The zero-order valence-corrected chi connectivity index (χ0v) is 19.7. The average molecular weight is 427 g/mol. The third kappa shape index (κ3) is 7.99. The van der Waals surface area contributed by atoms with Gasteiger partial charge in [-0.15, -0.1) is 6.58 Å². The molecule has 1 aliphatic heterocycles. The molecule has 0 spiro atoms. The fourth-order valence-electron chi connectivity index (χ4n) is 3.00. The van der Waals surface area contributed by atoms with Crippen LogP contribution in [0.25, 0.3) is 0 Å². The Hall–Kier alpha value is -2.06. The van der Waals surface area contributed by atoms with Crippen LogP contribution in [0.2, 0.25) is 0 Å². The average Bonchev–Trinajstić information content (AvgIpc) is 2.59. The summed E-state index contributed by atoms with van der Waals surface area (Å²) in [5.74, 6) is 0. The van der Waals surface area contributed by atoms with Gasteiger partial charge in [-0.3, -0.25) is 9.74 Å². The summed E-state index contributed by atoms with van der Waals surface area (Å²) in [7, 11) is 1.58. The molecule has 2 atom stereocenters. The lowest BCUT2D eigenvalue weighted by molar-refractivity contribution is -0.161. The lowest BCUT2D eigenvalue weighted by Gasteiger charge is -2.42. The molecule has 2 amide bonds. The number of nitrogens with zero attached hydrogens (tertiary/aromatic N) is 2. The van der Waals surface area contributed by atoms with E-state index < -0.39 is 29.4 Å². The van der Waals surface area contributed by atoms with Gasteiger partial charge in [0.2, 0.25) is 0 Å². The van der Waals surface area contributed by atoms with Crippen molar-refractivity contribution in [3.05, 3.63) is 24.3 Å². The number of hydrogen-bond donors (Lipinski definition) is 0. The third-order valence-corrected chi connectivity index (χ3v) is 4.15. The molecule has 30 heavy (non-hydrogen) atoms. The van der Waals surface area contributed by atoms with E-state index in [1.807, 2.05) is 33.8 Å². The minimum atomic E-state index is -0.705. The largest absolute Gasteiger partial charge is 0.444 e. The van der Waals surface area contributed by atoms with Crippen molar-refractivity contribution in [2.75, 3.05) is 26.9 Å². The zero-order chi connectivity index (χ0) is 23.1. The Bertz CT molecular complexity index is 633. The molecule has 0 saturated carbocycles. The van der Waals surface area contributed by atoms with E-state index in [-0.39, 0.29) is 19.2 Å². The summed E-state index contributed by atoms with van der Waals surface area (Å²) in [5, 5.41) is 1.17. The van der Waals surface area contributed by atoms with Crippen LogP contribution < -0.4 is 0 Å². The maximum atomic E-state index is 12.9. The third-order valence-electron chi connectivity index (χ3n) is 4.15. The van der Waals surface area contributed by atoms with Crippen LogP contribution in [0.3, 0.4) is 0 Å². The van der Waals surface area contributed by atoms with Gasteiger partial charge in [-0.2, -0.15) is 5.06 Å². The molecule has 0 fully saturated rings. The fourth-order valence-corrected chi connectivity index (χ4v) is 3.00. The molecular weight excluding hydrogens is 388 g/mol. The topological polar surface area (TPSA) is 77.5 Å². The van der Waals surface area contributed by atoms with E-state index in [2.05, 4.69) is 6.58 Å². The second-order valence-corrected chi connectivity index (χ2v) is 9.19. The summed E-state index contributed by atoms with van der Waals surface area (Å²) in [6.45, 7) is 17.0. The molecule has 0 aromatic carbocycles. The Morgan fingerprint density at radius 1 is 1.20 bits per heavy atom. The van der Waals surface area contributed by atoms with Gasteiger partial charge < -0.3 is 14.2 Å². The first-order chi connectivity index (χ1) is 13.8. The van der Waals surface area contributed by atoms with Gasteiger partial charge in [0.25, 0.3) is 0 Å². The van der Waals surface area contributed by atoms with Gasteiger partial charge in [0, 0.05) is 7.11 Å². The highest BCUT2D eigenvalue weighted by Gasteiger charge is 2.40. The van der Waals surface area contributed by atoms with Gasteiger partial charge in [-0.1, -0.05) is 19.1 Å². The van der Waals surface area contributed by atoms with Crippen LogP contribution >= 0.6 is 0 Å². The van der Waals surface area contributed by atoms with Crippen LogP contribution in [0.1, 0.15) is 54.9 Å². The summed E-state index contributed by atoms with van der Waals surface area (Å²) in [4.78, 5) is 33.1. The van der Waals surface area contributed by atoms with Crippen molar-refractivity contribution in [2.45, 2.75) is 78.2 Å². The quantitative estimate of drug-likeness (QED) is 0.446. The maximum absolute atomic E-state index is 12.9. The van der Waals surface area contributed by atoms with Crippen LogP contribution in [0.15, 0.2) is 24.3 Å². The smallest absolute Gasteiger partial charge is 0.435 e. The molecule has 8 nitrogen and oxygen atoms in total. The number of amides is 2. The second-order valence-electron chi connectivity index (χ2n) is 9.19. The van der Waals surface area contributed by atoms with Crippen LogP contribution in [-0.4, -0.2) is 72.3 Å². The predicted molar refractivity (Wildman–Crippen MR) is 115 cm³/mol. The minimum Gasteiger partial charge on any atom is -0.444 e. The molecule has 0 radical (unpaired) electrons. The van der Waals surface area contributed by atoms with E-state index in [0.717, 1.165) is 5.57 Å². The van der Waals surface area contributed by atoms with Crippen LogP contribution in [0, 0.1) is 0 Å². The highest BCUT2D eigenvalue weighted by atomic mass is 16.7. The van der Waals surface area contributed by atoms with Crippen molar-refractivity contribution in [1.29, 1.82) is 0 Å². The highest BCUT2D eigenvalue weighted by molar-refractivity contribution is 5.71. The van der Waals surface area contributed by atoms with Crippen LogP contribution in [0.5, 0.6) is 0 Å². The Balaban J connectivity index is 3.30. The summed E-state index contributed by atoms with van der Waals surface area (Å²) in [6.07, 6.45) is 3.09. The van der Waals surface area contributed by atoms with Crippen LogP contribution in [-0.2, 0) is 19.0 Å². The Morgan fingerprint density at radius 2 is 1.80 bits per heavy atom. The normalized spacial score (nSPS) is 19.7. The molecule has 0 N–H and O–H groups in total. The maximum Gasteiger partial charge on any atom is 0.435 e. The molecular formula is C22H38N2O6. The fraction of sp³-hybridized carbons (Fsp3) is 0.727. The molecule has 0 aliphatic carbocycles. The molecule has 0 saturated heterocycles. The molecule has 172 valence electrons. The predicted octanol–water partition coefficient (Wildman–Crippen LogP) is 4.31. The van der Waals surface area contributed by atoms with Crippen molar-refractivity contribution < 1.29 is 28.6 Å². The van der Waals surface area contributed by atoms with Crippen molar-refractivity contribution in [2.24, 2.45) is 0 Å². The summed E-state index contributed by atoms with van der Waals surface area (Å²) in [6, 6.07) is -0.767. The van der Waals surface area contributed by atoms with Crippen molar-refractivity contribution in [3.8, 4) is 0 Å². The molecule has 1 aliphatic rings. The highest BCUT2D eigenvalue weighted by Crippen LogP contribution is 2.27. The van der Waals surface area contributed by atoms with Crippen LogP contribution in [0.4, 0.5) is 9.59 Å². The summed E-state index contributed by atoms with van der Waals surface area (Å²) < 4.78 is 16.5. The van der Waals surface area contributed by atoms with Crippen molar-refractivity contribution in [3.63, 3.8) is 0 Å². The Labute approximate surface area is 180 Å². The van der Waals surface area contributed by atoms with E-state index in [4.69, 9.17) is 19.0 Å². The summed E-state index contributed by atoms with van der Waals surface area (Å²) >= 11 is 0. The number of rotatable bonds is 7. The SMILES string of the molecule is C=CCON(C(=O)OC(C)(C)C)[C@H]1CN(C(=O)OC(C)(C)C)[C@H](CC)C=C1COC. The van der Waals surface area contributed by atoms with Crippen molar-refractivity contribution >= 4 is 12.2 Å². The van der Waals surface area contributed by atoms with Crippen molar-refractivity contribution in [1.82, 2.24) is 9.96 Å². The molecule has 0 unspecified atom stereocenters. The first-order valence-electron chi connectivity index (χ1n) is 10.3. The molecule has 0 bridgehead atoms. The summed E-state index contributed by atoms with van der Waals surface area (Å²) in [5.41, 5.74) is -0.506. The molecule has 1 rings (SSSR count). The number of carbonyl (C=O) groups is 2. The number of ether oxygens (including phenoxy) is 3. The van der Waals surface area contributed by atoms with Gasteiger partial charge in [-0.05, 0) is 53.5 Å². The van der Waals surface area contributed by atoms with E-state index >= 15 is 0 Å². The Kier molecular flexibility index (Phi) is 9.36. The molecule has 1 heterocycles. The second kappa shape index (κ2) is 10.8. The molecule has 8 heteroatoms. The van der Waals surface area contributed by atoms with E-state index in [1.54, 1.807) is 38.9 Å². The van der Waals surface area contributed by atoms with E-state index in [9.17, 15) is 9.59 Å². The zero-order valence-electron chi connectivity index (χ0n) is 19.7. The van der Waals surface area contributed by atoms with Gasteiger partial charge in [0.15, 0.2) is 0 Å². The van der Waals surface area contributed by atoms with E-state index in [0.29, 0.717) is 13.0 Å². The number of methoxy groups -OCH3 is 1. The standard InChI is InChI=1S/C22H38N2O6/c1-10-12-28-24(20(26)30-22(6,7)8)18-14-23(19(25)29-21(3,4)5)17(11-2)13-16(18)15-27-9/h10,13,17-18H,1,11-12,14-15H2,2-9H3/t17-,18+/m1/s1. The first kappa shape index (κ1) is 26.0. The number of carbonyl (C=O) groups excluding carboxylic acids is 2. The minimum absolute atomic E-state index is 0.111. The molecule has 0 aromatic rings. The molecule has 0 aromatic heterocycles. The monoisotopic (exact) mass is 426 g/mol. The van der Waals surface area contributed by atoms with Gasteiger partial charge in [0.05, 0.1) is 25.8 Å². The van der Waals surface area contributed by atoms with Gasteiger partial charge in [0.1, 0.15) is 17.2 Å². The first-order valence-corrected chi connectivity index (χ1v) is 10.3. The Morgan fingerprint density at radius 3 is 2.27 bits per heavy atom. The van der Waals surface area contributed by atoms with Gasteiger partial charge in [-0.25, -0.2) is 9.59 Å².